The summed E-state index contributed by atoms with van der Waals surface area (Å²) in [7, 11) is -1.52. The number of benzene rings is 2. The summed E-state index contributed by atoms with van der Waals surface area (Å²) >= 11 is 0. The molecule has 0 amide bonds. The van der Waals surface area contributed by atoms with Gasteiger partial charge in [-0.2, -0.15) is 0 Å². The van der Waals surface area contributed by atoms with Crippen molar-refractivity contribution in [3.63, 3.8) is 0 Å². The van der Waals surface area contributed by atoms with Crippen molar-refractivity contribution in [1.29, 1.82) is 0 Å². The van der Waals surface area contributed by atoms with Crippen LogP contribution in [0.2, 0.25) is 0 Å². The number of hydrogen-bond acceptors (Lipinski definition) is 5. The summed E-state index contributed by atoms with van der Waals surface area (Å²) in [6.07, 6.45) is 0. The van der Waals surface area contributed by atoms with Crippen LogP contribution in [-0.4, -0.2) is 16.1 Å². The van der Waals surface area contributed by atoms with Crippen molar-refractivity contribution in [2.75, 3.05) is 0 Å². The van der Waals surface area contributed by atoms with Crippen molar-refractivity contribution < 1.29 is 58.1 Å². The maximum absolute atomic E-state index is 12.2. The van der Waals surface area contributed by atoms with E-state index in [1.807, 2.05) is 0 Å². The van der Waals surface area contributed by atoms with Crippen molar-refractivity contribution >= 4 is 22.7 Å². The zero-order valence-corrected chi connectivity index (χ0v) is 13.4. The van der Waals surface area contributed by atoms with E-state index in [4.69, 9.17) is 0 Å². The van der Waals surface area contributed by atoms with Gasteiger partial charge in [0.05, 0.1) is 22.7 Å². The molecule has 0 saturated carbocycles. The molecule has 0 fully saturated rings. The fraction of sp³-hybridized carbons (Fsp3) is 0. The van der Waals surface area contributed by atoms with Gasteiger partial charge in [0.25, 0.3) is 0 Å². The van der Waals surface area contributed by atoms with Gasteiger partial charge < -0.3 is 19.8 Å². The molecule has 0 aliphatic rings. The zero-order valence-electron chi connectivity index (χ0n) is 10.7. The van der Waals surface area contributed by atoms with Gasteiger partial charge in [-0.15, -0.1) is 0 Å². The Morgan fingerprint density at radius 2 is 0.955 bits per heavy atom. The van der Waals surface area contributed by atoms with Crippen LogP contribution in [0.1, 0.15) is 20.7 Å². The molecular formula is C14H8Cu2O5S. The Morgan fingerprint density at radius 1 is 0.682 bits per heavy atom. The third-order valence-electron chi connectivity index (χ3n) is 2.61. The molecule has 0 saturated heterocycles. The minimum atomic E-state index is -1.52. The van der Waals surface area contributed by atoms with E-state index < -0.39 is 22.7 Å². The number of carbonyl (C=O) groups excluding carboxylic acids is 2. The maximum Gasteiger partial charge on any atom is 1.00 e. The third kappa shape index (κ3) is 4.80. The van der Waals surface area contributed by atoms with Gasteiger partial charge in [0, 0.05) is 9.79 Å². The van der Waals surface area contributed by atoms with Gasteiger partial charge >= 0.3 is 34.1 Å². The van der Waals surface area contributed by atoms with Crippen LogP contribution in [0.25, 0.3) is 0 Å². The second kappa shape index (κ2) is 8.88. The molecule has 5 nitrogen and oxygen atoms in total. The van der Waals surface area contributed by atoms with Crippen LogP contribution in [0, 0.1) is 0 Å². The third-order valence-corrected chi connectivity index (χ3v) is 4.01. The van der Waals surface area contributed by atoms with E-state index in [0.717, 1.165) is 0 Å². The van der Waals surface area contributed by atoms with Crippen LogP contribution in [0.5, 0.6) is 0 Å². The van der Waals surface area contributed by atoms with Crippen molar-refractivity contribution in [3.8, 4) is 0 Å². The molecule has 0 radical (unpaired) electrons. The second-order valence-electron chi connectivity index (χ2n) is 3.89. The Morgan fingerprint density at radius 3 is 1.18 bits per heavy atom. The Hall–Kier alpha value is -1.43. The molecule has 0 aliphatic heterocycles. The fourth-order valence-corrected chi connectivity index (χ4v) is 2.60. The summed E-state index contributed by atoms with van der Waals surface area (Å²) in [6.45, 7) is 0. The first-order valence-electron chi connectivity index (χ1n) is 5.53. The number of carboxylic acid groups (broad SMARTS) is 2. The van der Waals surface area contributed by atoms with Crippen LogP contribution in [0.3, 0.4) is 0 Å². The van der Waals surface area contributed by atoms with Crippen LogP contribution in [0.4, 0.5) is 0 Å². The molecule has 0 atom stereocenters. The van der Waals surface area contributed by atoms with E-state index in [-0.39, 0.29) is 45.3 Å². The van der Waals surface area contributed by atoms with Gasteiger partial charge in [0.1, 0.15) is 0 Å². The Balaban J connectivity index is 0.00000220. The molecule has 122 valence electrons. The monoisotopic (exact) mass is 414 g/mol. The molecule has 8 heteroatoms. The van der Waals surface area contributed by atoms with Crippen LogP contribution < -0.4 is 10.2 Å². The van der Waals surface area contributed by atoms with Crippen molar-refractivity contribution in [3.05, 3.63) is 59.7 Å². The quantitative estimate of drug-likeness (QED) is 0.632. The number of hydrogen-bond donors (Lipinski definition) is 0. The van der Waals surface area contributed by atoms with E-state index in [1.165, 1.54) is 48.5 Å². The van der Waals surface area contributed by atoms with Crippen molar-refractivity contribution in [1.82, 2.24) is 0 Å². The average molecular weight is 415 g/mol. The van der Waals surface area contributed by atoms with Gasteiger partial charge in [-0.1, -0.05) is 24.3 Å². The Kier molecular flexibility index (Phi) is 8.30. The number of carboxylic acids is 2. The molecule has 2 rings (SSSR count). The molecule has 0 aliphatic carbocycles. The van der Waals surface area contributed by atoms with E-state index in [1.54, 1.807) is 0 Å². The van der Waals surface area contributed by atoms with E-state index in [9.17, 15) is 24.0 Å². The normalized spacial score (nSPS) is 9.50. The summed E-state index contributed by atoms with van der Waals surface area (Å²) in [5.41, 5.74) is -0.00361. The largest absolute Gasteiger partial charge is 1.00 e. The predicted octanol–water partition coefficient (Wildman–Crippen LogP) is -0.425. The first-order valence-corrected chi connectivity index (χ1v) is 6.68. The minimum absolute atomic E-state index is 0. The maximum atomic E-state index is 12.2. The molecule has 2 aromatic carbocycles. The summed E-state index contributed by atoms with van der Waals surface area (Å²) in [5.74, 6) is -2.61. The molecule has 0 N–H and O–H groups in total. The number of aromatic carboxylic acids is 2. The molecule has 0 unspecified atom stereocenters. The SMILES string of the molecule is O=C([O-])c1ccc(S(=O)c2ccc(C(=O)[O-])cc2)cc1.[Cu+].[Cu+]. The molecule has 0 heterocycles. The summed E-state index contributed by atoms with van der Waals surface area (Å²) in [5, 5.41) is 21.2. The van der Waals surface area contributed by atoms with Gasteiger partial charge in [0.15, 0.2) is 0 Å². The van der Waals surface area contributed by atoms with Crippen LogP contribution in [0.15, 0.2) is 58.3 Å². The predicted molar refractivity (Wildman–Crippen MR) is 66.2 cm³/mol. The molecule has 22 heavy (non-hydrogen) atoms. The summed E-state index contributed by atoms with van der Waals surface area (Å²) < 4.78 is 12.2. The Bertz CT molecular complexity index is 624. The molecule has 2 aromatic rings. The Labute approximate surface area is 150 Å². The topological polar surface area (TPSA) is 97.3 Å². The van der Waals surface area contributed by atoms with Crippen LogP contribution in [-0.2, 0) is 44.9 Å². The zero-order chi connectivity index (χ0) is 14.7. The summed E-state index contributed by atoms with van der Waals surface area (Å²) in [4.78, 5) is 22.0. The standard InChI is InChI=1S/C14H10O5S.2Cu/c15-13(16)9-1-5-11(6-2-9)20(19)12-7-3-10(4-8-12)14(17)18;;/h1-8H,(H,15,16)(H,17,18);;/q;2*+1/p-2. The molecule has 0 bridgehead atoms. The van der Waals surface area contributed by atoms with E-state index in [2.05, 4.69) is 0 Å². The number of carbonyl (C=O) groups is 2. The van der Waals surface area contributed by atoms with Gasteiger partial charge in [-0.25, -0.2) is 4.21 Å². The van der Waals surface area contributed by atoms with Crippen molar-refractivity contribution in [2.45, 2.75) is 9.79 Å². The fourth-order valence-electron chi connectivity index (χ4n) is 1.57. The summed E-state index contributed by atoms with van der Waals surface area (Å²) in [6, 6.07) is 10.9. The molecule has 0 aromatic heterocycles. The number of rotatable bonds is 4. The van der Waals surface area contributed by atoms with E-state index >= 15 is 0 Å². The van der Waals surface area contributed by atoms with Crippen molar-refractivity contribution in [2.24, 2.45) is 0 Å². The average Bonchev–Trinajstić information content (AvgIpc) is 2.46. The molecule has 0 spiro atoms. The van der Waals surface area contributed by atoms with Gasteiger partial charge in [-0.05, 0) is 35.4 Å². The first kappa shape index (κ1) is 20.6. The minimum Gasteiger partial charge on any atom is -0.545 e. The second-order valence-corrected chi connectivity index (χ2v) is 5.37. The first-order chi connectivity index (χ1) is 9.49. The van der Waals surface area contributed by atoms with Gasteiger partial charge in [0.2, 0.25) is 0 Å². The van der Waals surface area contributed by atoms with Gasteiger partial charge in [-0.3, -0.25) is 0 Å². The molecular weight excluding hydrogens is 407 g/mol. The van der Waals surface area contributed by atoms with E-state index in [0.29, 0.717) is 9.79 Å². The smallest absolute Gasteiger partial charge is 0.545 e. The van der Waals surface area contributed by atoms with Crippen LogP contribution >= 0.6 is 0 Å².